The van der Waals surface area contributed by atoms with Crippen molar-refractivity contribution in [2.45, 2.75) is 45.3 Å². The number of nitrogens with zero attached hydrogens (tertiary/aromatic N) is 2. The summed E-state index contributed by atoms with van der Waals surface area (Å²) in [7, 11) is 0. The summed E-state index contributed by atoms with van der Waals surface area (Å²) < 4.78 is 0. The standard InChI is InChI=1S/C22H27Cl2N5O2.2ClH/c1-12-16(3-4-20(25)28-12)10-27-22(31)13(2)29-11-15(8-19(29)21(26)30)5-14-6-17(23)9-18(24)7-14;;/h3-4,6-7,9,13,15,19H,5,8,10-11H2,1-2H3,(H2,25,28)(H2,26,30)(H,27,31);2*1H/t13-,15?,19?;;/m0../s1. The number of nitrogens with two attached hydrogens (primary N) is 2. The molecule has 3 atom stereocenters. The van der Waals surface area contributed by atoms with E-state index in [4.69, 9.17) is 34.7 Å². The van der Waals surface area contributed by atoms with Crippen molar-refractivity contribution in [2.75, 3.05) is 12.3 Å². The minimum atomic E-state index is -0.507. The number of rotatable bonds is 7. The number of nitrogens with one attached hydrogen (secondary N) is 1. The van der Waals surface area contributed by atoms with Crippen LogP contribution < -0.4 is 16.8 Å². The molecule has 2 unspecified atom stereocenters. The Hall–Kier alpha value is -1.77. The minimum Gasteiger partial charge on any atom is -0.384 e. The maximum atomic E-state index is 12.8. The van der Waals surface area contributed by atoms with E-state index in [1.54, 1.807) is 19.1 Å². The van der Waals surface area contributed by atoms with Gasteiger partial charge in [-0.2, -0.15) is 0 Å². The summed E-state index contributed by atoms with van der Waals surface area (Å²) in [5.41, 5.74) is 14.0. The van der Waals surface area contributed by atoms with E-state index in [0.717, 1.165) is 16.8 Å². The molecular formula is C22H29Cl4N5O2. The Labute approximate surface area is 216 Å². The highest BCUT2D eigenvalue weighted by Crippen LogP contribution is 2.30. The van der Waals surface area contributed by atoms with Crippen LogP contribution in [0.2, 0.25) is 10.0 Å². The normalized spacial score (nSPS) is 18.7. The zero-order valence-electron chi connectivity index (χ0n) is 18.4. The summed E-state index contributed by atoms with van der Waals surface area (Å²) in [5, 5.41) is 4.07. The molecule has 2 heterocycles. The molecule has 0 aliphatic carbocycles. The molecule has 0 bridgehead atoms. The number of nitrogen functional groups attached to an aromatic ring is 1. The van der Waals surface area contributed by atoms with E-state index in [-0.39, 0.29) is 36.6 Å². The summed E-state index contributed by atoms with van der Waals surface area (Å²) in [4.78, 5) is 31.0. The van der Waals surface area contributed by atoms with Gasteiger partial charge in [0.1, 0.15) is 5.82 Å². The molecule has 0 saturated carbocycles. The molecule has 1 aromatic heterocycles. The summed E-state index contributed by atoms with van der Waals surface area (Å²) in [5.74, 6) is -0.000971. The molecule has 3 rings (SSSR count). The molecular weight excluding hydrogens is 508 g/mol. The van der Waals surface area contributed by atoms with Crippen LogP contribution in [0.3, 0.4) is 0 Å². The first kappa shape index (κ1) is 29.3. The fourth-order valence-corrected chi connectivity index (χ4v) is 4.72. The van der Waals surface area contributed by atoms with Crippen molar-refractivity contribution in [3.8, 4) is 0 Å². The molecule has 1 saturated heterocycles. The zero-order chi connectivity index (χ0) is 22.7. The monoisotopic (exact) mass is 535 g/mol. The number of primary amides is 1. The van der Waals surface area contributed by atoms with Crippen LogP contribution in [0.1, 0.15) is 30.2 Å². The van der Waals surface area contributed by atoms with Crippen molar-refractivity contribution in [2.24, 2.45) is 11.7 Å². The fourth-order valence-electron chi connectivity index (χ4n) is 4.15. The average Bonchev–Trinajstić information content (AvgIpc) is 3.09. The lowest BCUT2D eigenvalue weighted by Gasteiger charge is -2.28. The number of halogens is 4. The molecule has 33 heavy (non-hydrogen) atoms. The summed E-state index contributed by atoms with van der Waals surface area (Å²) in [6.45, 7) is 4.55. The Morgan fingerprint density at radius 1 is 1.21 bits per heavy atom. The zero-order valence-corrected chi connectivity index (χ0v) is 21.5. The first-order chi connectivity index (χ1) is 14.6. The predicted octanol–water partition coefficient (Wildman–Crippen LogP) is 3.55. The lowest BCUT2D eigenvalue weighted by atomic mass is 9.96. The summed E-state index contributed by atoms with van der Waals surface area (Å²) in [6, 6.07) is 7.96. The number of amides is 2. The third-order valence-corrected chi connectivity index (χ3v) is 6.18. The Morgan fingerprint density at radius 3 is 2.42 bits per heavy atom. The molecule has 0 radical (unpaired) electrons. The van der Waals surface area contributed by atoms with Gasteiger partial charge in [-0.1, -0.05) is 29.3 Å². The molecule has 1 aliphatic rings. The van der Waals surface area contributed by atoms with E-state index >= 15 is 0 Å². The summed E-state index contributed by atoms with van der Waals surface area (Å²) >= 11 is 12.2. The molecule has 11 heteroatoms. The van der Waals surface area contributed by atoms with Gasteiger partial charge in [-0.15, -0.1) is 24.8 Å². The van der Waals surface area contributed by atoms with Gasteiger partial charge in [-0.25, -0.2) is 4.98 Å². The van der Waals surface area contributed by atoms with Gasteiger partial charge < -0.3 is 16.8 Å². The van der Waals surface area contributed by atoms with E-state index in [9.17, 15) is 9.59 Å². The molecule has 2 amide bonds. The van der Waals surface area contributed by atoms with Crippen molar-refractivity contribution in [3.63, 3.8) is 0 Å². The Balaban J connectivity index is 0.00000272. The van der Waals surface area contributed by atoms with Gasteiger partial charge in [-0.3, -0.25) is 14.5 Å². The highest BCUT2D eigenvalue weighted by molar-refractivity contribution is 6.34. The Morgan fingerprint density at radius 2 is 1.85 bits per heavy atom. The largest absolute Gasteiger partial charge is 0.384 e. The van der Waals surface area contributed by atoms with Crippen LogP contribution in [-0.2, 0) is 22.6 Å². The molecule has 1 aliphatic heterocycles. The van der Waals surface area contributed by atoms with Crippen LogP contribution in [0.4, 0.5) is 5.82 Å². The van der Waals surface area contributed by atoms with Crippen molar-refractivity contribution in [1.82, 2.24) is 15.2 Å². The Bertz CT molecular complexity index is 971. The van der Waals surface area contributed by atoms with Crippen LogP contribution in [0, 0.1) is 12.8 Å². The summed E-state index contributed by atoms with van der Waals surface area (Å²) in [6.07, 6.45) is 1.28. The van der Waals surface area contributed by atoms with Crippen LogP contribution in [0.5, 0.6) is 0 Å². The maximum Gasteiger partial charge on any atom is 0.237 e. The number of aromatic nitrogens is 1. The quantitative estimate of drug-likeness (QED) is 0.500. The van der Waals surface area contributed by atoms with E-state index in [2.05, 4.69) is 10.3 Å². The third kappa shape index (κ3) is 7.62. The van der Waals surface area contributed by atoms with E-state index in [0.29, 0.717) is 41.8 Å². The first-order valence-electron chi connectivity index (χ1n) is 10.1. The van der Waals surface area contributed by atoms with Crippen molar-refractivity contribution < 1.29 is 9.59 Å². The highest BCUT2D eigenvalue weighted by atomic mass is 35.5. The second-order valence-electron chi connectivity index (χ2n) is 8.07. The minimum absolute atomic E-state index is 0. The van der Waals surface area contributed by atoms with Gasteiger partial charge in [-0.05, 0) is 68.0 Å². The topological polar surface area (TPSA) is 114 Å². The lowest BCUT2D eigenvalue weighted by molar-refractivity contribution is -0.129. The number of aryl methyl sites for hydroxylation is 1. The van der Waals surface area contributed by atoms with Gasteiger partial charge in [0.25, 0.3) is 0 Å². The first-order valence-corrected chi connectivity index (χ1v) is 10.9. The fraction of sp³-hybridized carbons (Fsp3) is 0.409. The van der Waals surface area contributed by atoms with Gasteiger partial charge in [0.05, 0.1) is 12.1 Å². The number of likely N-dealkylation sites (tertiary alicyclic amines) is 1. The number of pyridine rings is 1. The Kier molecular flexibility index (Phi) is 11.2. The van der Waals surface area contributed by atoms with Crippen LogP contribution >= 0.6 is 48.0 Å². The SMILES string of the molecule is Cc1nc(N)ccc1CNC(=O)[C@H](C)N1CC(Cc2cc(Cl)cc(Cl)c2)CC1C(N)=O.Cl.Cl. The number of hydrogen-bond acceptors (Lipinski definition) is 5. The predicted molar refractivity (Wildman–Crippen MR) is 137 cm³/mol. The molecule has 7 nitrogen and oxygen atoms in total. The molecule has 5 N–H and O–H groups in total. The molecule has 182 valence electrons. The molecule has 1 aromatic carbocycles. The van der Waals surface area contributed by atoms with Gasteiger partial charge >= 0.3 is 0 Å². The molecule has 1 fully saturated rings. The maximum absolute atomic E-state index is 12.8. The number of hydrogen-bond donors (Lipinski definition) is 3. The van der Waals surface area contributed by atoms with E-state index in [1.165, 1.54) is 0 Å². The third-order valence-electron chi connectivity index (χ3n) is 5.75. The second kappa shape index (κ2) is 12.6. The van der Waals surface area contributed by atoms with Crippen molar-refractivity contribution in [1.29, 1.82) is 0 Å². The number of carbonyl (C=O) groups is 2. The second-order valence-corrected chi connectivity index (χ2v) is 8.95. The van der Waals surface area contributed by atoms with Crippen molar-refractivity contribution >= 4 is 65.6 Å². The van der Waals surface area contributed by atoms with Crippen LogP contribution in [0.15, 0.2) is 30.3 Å². The highest BCUT2D eigenvalue weighted by Gasteiger charge is 2.40. The van der Waals surface area contributed by atoms with Crippen molar-refractivity contribution in [3.05, 3.63) is 57.2 Å². The van der Waals surface area contributed by atoms with Gasteiger partial charge in [0, 0.05) is 28.8 Å². The molecule has 2 aromatic rings. The lowest BCUT2D eigenvalue weighted by Crippen LogP contribution is -2.51. The number of anilines is 1. The number of carbonyl (C=O) groups excluding carboxylic acids is 2. The van der Waals surface area contributed by atoms with Gasteiger partial charge in [0.15, 0.2) is 0 Å². The average molecular weight is 537 g/mol. The van der Waals surface area contributed by atoms with Crippen LogP contribution in [-0.4, -0.2) is 40.3 Å². The van der Waals surface area contributed by atoms with E-state index < -0.39 is 18.0 Å². The smallest absolute Gasteiger partial charge is 0.237 e. The van der Waals surface area contributed by atoms with Crippen LogP contribution in [0.25, 0.3) is 0 Å². The number of benzene rings is 1. The molecule has 0 spiro atoms. The van der Waals surface area contributed by atoms with E-state index in [1.807, 2.05) is 30.0 Å². The van der Waals surface area contributed by atoms with Gasteiger partial charge in [0.2, 0.25) is 11.8 Å².